The largest absolute Gasteiger partial charge is 0.493 e. The summed E-state index contributed by atoms with van der Waals surface area (Å²) >= 11 is 5.65. The van der Waals surface area contributed by atoms with E-state index in [2.05, 4.69) is 39.8 Å². The van der Waals surface area contributed by atoms with Crippen LogP contribution in [0.2, 0.25) is 0 Å². The minimum Gasteiger partial charge on any atom is -0.493 e. The zero-order valence-corrected chi connectivity index (χ0v) is 13.4. The lowest BCUT2D eigenvalue weighted by molar-refractivity contribution is 0.352. The number of fused-ring (bicyclic) bond motifs is 1. The Kier molecular flexibility index (Phi) is 4.40. The van der Waals surface area contributed by atoms with E-state index in [1.807, 2.05) is 0 Å². The highest BCUT2D eigenvalue weighted by Crippen LogP contribution is 2.35. The van der Waals surface area contributed by atoms with Crippen LogP contribution in [0.4, 0.5) is 0 Å². The quantitative estimate of drug-likeness (QED) is 0.913. The summed E-state index contributed by atoms with van der Waals surface area (Å²) in [5.41, 5.74) is 9.04. The smallest absolute Gasteiger partial charge is 0.125 e. The first-order valence-corrected chi connectivity index (χ1v) is 8.89. The van der Waals surface area contributed by atoms with E-state index < -0.39 is 0 Å². The van der Waals surface area contributed by atoms with E-state index in [-0.39, 0.29) is 6.04 Å². The van der Waals surface area contributed by atoms with Crippen molar-refractivity contribution in [2.75, 3.05) is 12.4 Å². The lowest BCUT2D eigenvalue weighted by Gasteiger charge is -2.27. The average Bonchev–Trinajstić information content (AvgIpc) is 2.88. The molecule has 4 heteroatoms. The van der Waals surface area contributed by atoms with E-state index in [1.54, 1.807) is 0 Å². The maximum absolute atomic E-state index is 6.43. The molecule has 2 unspecified atom stereocenters. The van der Waals surface area contributed by atoms with Crippen LogP contribution in [0.3, 0.4) is 0 Å². The molecule has 19 heavy (non-hydrogen) atoms. The summed E-state index contributed by atoms with van der Waals surface area (Å²) < 4.78 is 6.94. The first kappa shape index (κ1) is 13.8. The van der Waals surface area contributed by atoms with Gasteiger partial charge in [-0.1, -0.05) is 22.4 Å². The lowest BCUT2D eigenvalue weighted by Crippen LogP contribution is -2.36. The summed E-state index contributed by atoms with van der Waals surface area (Å²) in [6.07, 6.45) is 5.90. The Morgan fingerprint density at radius 2 is 2.32 bits per heavy atom. The van der Waals surface area contributed by atoms with Crippen molar-refractivity contribution in [3.63, 3.8) is 0 Å². The molecule has 1 fully saturated rings. The summed E-state index contributed by atoms with van der Waals surface area (Å²) in [6, 6.07) is 4.59. The molecule has 0 aliphatic carbocycles. The van der Waals surface area contributed by atoms with Gasteiger partial charge in [-0.2, -0.15) is 11.8 Å². The molecule has 2 N–H and O–H groups in total. The standard InChI is InChI=1S/C15H20BrNOS/c16-12-7-10-4-5-18-15(10)11(8-12)9-13(17)14-3-1-2-6-19-14/h7-8,13-14H,1-6,9,17H2. The fourth-order valence-electron chi connectivity index (χ4n) is 2.99. The van der Waals surface area contributed by atoms with Crippen molar-refractivity contribution in [2.45, 2.75) is 43.4 Å². The molecule has 2 aliphatic rings. The van der Waals surface area contributed by atoms with Crippen LogP contribution in [-0.2, 0) is 12.8 Å². The van der Waals surface area contributed by atoms with Gasteiger partial charge in [0.1, 0.15) is 5.75 Å². The number of nitrogens with two attached hydrogens (primary N) is 1. The Balaban J connectivity index is 1.75. The fourth-order valence-corrected chi connectivity index (χ4v) is 4.89. The molecule has 1 aromatic rings. The second-order valence-corrected chi connectivity index (χ2v) is 7.69. The van der Waals surface area contributed by atoms with Gasteiger partial charge in [-0.15, -0.1) is 0 Å². The third kappa shape index (κ3) is 3.11. The van der Waals surface area contributed by atoms with Crippen LogP contribution in [0.15, 0.2) is 16.6 Å². The number of halogens is 1. The van der Waals surface area contributed by atoms with E-state index in [9.17, 15) is 0 Å². The first-order valence-electron chi connectivity index (χ1n) is 7.05. The summed E-state index contributed by atoms with van der Waals surface area (Å²) in [7, 11) is 0. The molecule has 2 heterocycles. The number of hydrogen-bond donors (Lipinski definition) is 1. The maximum atomic E-state index is 6.43. The molecule has 3 rings (SSSR count). The van der Waals surface area contributed by atoms with Crippen LogP contribution in [0.1, 0.15) is 30.4 Å². The summed E-state index contributed by atoms with van der Waals surface area (Å²) in [4.78, 5) is 0. The molecule has 0 saturated carbocycles. The van der Waals surface area contributed by atoms with Gasteiger partial charge in [0.15, 0.2) is 0 Å². The zero-order chi connectivity index (χ0) is 13.2. The molecule has 1 saturated heterocycles. The molecular weight excluding hydrogens is 322 g/mol. The SMILES string of the molecule is NC(Cc1cc(Br)cc2c1OCC2)C1CCCCS1. The molecule has 0 spiro atoms. The van der Waals surface area contributed by atoms with Crippen molar-refractivity contribution in [1.29, 1.82) is 0 Å². The molecule has 0 bridgehead atoms. The number of rotatable bonds is 3. The molecule has 1 aromatic carbocycles. The molecule has 2 nitrogen and oxygen atoms in total. The third-order valence-corrected chi connectivity index (χ3v) is 5.97. The second kappa shape index (κ2) is 6.06. The van der Waals surface area contributed by atoms with Crippen LogP contribution >= 0.6 is 27.7 Å². The normalized spacial score (nSPS) is 23.8. The molecule has 0 amide bonds. The van der Waals surface area contributed by atoms with Crippen molar-refractivity contribution < 1.29 is 4.74 Å². The lowest BCUT2D eigenvalue weighted by atomic mass is 9.98. The summed E-state index contributed by atoms with van der Waals surface area (Å²) in [5.74, 6) is 2.37. The molecule has 104 valence electrons. The van der Waals surface area contributed by atoms with E-state index >= 15 is 0 Å². The molecule has 2 atom stereocenters. The Labute approximate surface area is 127 Å². The fraction of sp³-hybridized carbons (Fsp3) is 0.600. The second-order valence-electron chi connectivity index (χ2n) is 5.42. The summed E-state index contributed by atoms with van der Waals surface area (Å²) in [6.45, 7) is 0.812. The van der Waals surface area contributed by atoms with Gasteiger partial charge in [-0.25, -0.2) is 0 Å². The van der Waals surface area contributed by atoms with Crippen LogP contribution < -0.4 is 10.5 Å². The molecule has 0 aromatic heterocycles. The Bertz CT molecular complexity index is 460. The van der Waals surface area contributed by atoms with Gasteiger partial charge in [0, 0.05) is 22.2 Å². The van der Waals surface area contributed by atoms with Gasteiger partial charge in [0.2, 0.25) is 0 Å². The number of benzene rings is 1. The van der Waals surface area contributed by atoms with Gasteiger partial charge in [-0.3, -0.25) is 0 Å². The predicted molar refractivity (Wildman–Crippen MR) is 85.1 cm³/mol. The topological polar surface area (TPSA) is 35.2 Å². The van der Waals surface area contributed by atoms with Crippen LogP contribution in [0.25, 0.3) is 0 Å². The van der Waals surface area contributed by atoms with Crippen molar-refractivity contribution in [3.05, 3.63) is 27.7 Å². The van der Waals surface area contributed by atoms with Gasteiger partial charge in [-0.05, 0) is 48.3 Å². The number of ether oxygens (including phenoxy) is 1. The third-order valence-electron chi connectivity index (χ3n) is 3.97. The Morgan fingerprint density at radius 1 is 1.42 bits per heavy atom. The van der Waals surface area contributed by atoms with E-state index in [1.165, 1.54) is 36.1 Å². The molecule has 0 radical (unpaired) electrons. The van der Waals surface area contributed by atoms with Crippen LogP contribution in [0, 0.1) is 0 Å². The predicted octanol–water partition coefficient (Wildman–Crippen LogP) is 3.54. The highest BCUT2D eigenvalue weighted by atomic mass is 79.9. The number of thioether (sulfide) groups is 1. The first-order chi connectivity index (χ1) is 9.24. The van der Waals surface area contributed by atoms with Gasteiger partial charge < -0.3 is 10.5 Å². The Morgan fingerprint density at radius 3 is 3.11 bits per heavy atom. The van der Waals surface area contributed by atoms with Crippen LogP contribution in [0.5, 0.6) is 5.75 Å². The van der Waals surface area contributed by atoms with E-state index in [0.717, 1.165) is 29.7 Å². The summed E-state index contributed by atoms with van der Waals surface area (Å²) in [5, 5.41) is 0.616. The molecular formula is C15H20BrNOS. The monoisotopic (exact) mass is 341 g/mol. The van der Waals surface area contributed by atoms with Gasteiger partial charge in [0.05, 0.1) is 6.61 Å². The van der Waals surface area contributed by atoms with Crippen LogP contribution in [-0.4, -0.2) is 23.7 Å². The number of hydrogen-bond acceptors (Lipinski definition) is 3. The van der Waals surface area contributed by atoms with E-state index in [4.69, 9.17) is 10.5 Å². The molecule has 2 aliphatic heterocycles. The zero-order valence-electron chi connectivity index (χ0n) is 11.0. The minimum absolute atomic E-state index is 0.243. The van der Waals surface area contributed by atoms with Crippen molar-refractivity contribution in [3.8, 4) is 5.75 Å². The highest BCUT2D eigenvalue weighted by molar-refractivity contribution is 9.10. The average molecular weight is 342 g/mol. The Hall–Kier alpha value is -0.190. The van der Waals surface area contributed by atoms with Crippen molar-refractivity contribution in [1.82, 2.24) is 0 Å². The minimum atomic E-state index is 0.243. The van der Waals surface area contributed by atoms with Crippen molar-refractivity contribution in [2.24, 2.45) is 5.73 Å². The van der Waals surface area contributed by atoms with Crippen molar-refractivity contribution >= 4 is 27.7 Å². The highest BCUT2D eigenvalue weighted by Gasteiger charge is 2.24. The maximum Gasteiger partial charge on any atom is 0.125 e. The van der Waals surface area contributed by atoms with E-state index in [0.29, 0.717) is 5.25 Å². The van der Waals surface area contributed by atoms with Gasteiger partial charge in [0.25, 0.3) is 0 Å². The van der Waals surface area contributed by atoms with Gasteiger partial charge >= 0.3 is 0 Å².